The highest BCUT2D eigenvalue weighted by molar-refractivity contribution is 7.09. The van der Waals surface area contributed by atoms with Gasteiger partial charge in [-0.05, 0) is 30.5 Å². The Hall–Kier alpha value is -0.860. The number of thiophene rings is 1. The summed E-state index contributed by atoms with van der Waals surface area (Å²) in [6, 6.07) is 2.21. The number of hydrogen-bond acceptors (Lipinski definition) is 2. The molecule has 1 aromatic heterocycles. The first kappa shape index (κ1) is 9.69. The van der Waals surface area contributed by atoms with Crippen molar-refractivity contribution in [1.29, 1.82) is 0 Å². The minimum Gasteiger partial charge on any atom is -0.396 e. The average Bonchev–Trinajstić information content (AvgIpc) is 2.37. The Kier molecular flexibility index (Phi) is 2.85. The van der Waals surface area contributed by atoms with Crippen molar-refractivity contribution in [3.8, 4) is 0 Å². The molecule has 1 N–H and O–H groups in total. The van der Waals surface area contributed by atoms with Gasteiger partial charge in [0.1, 0.15) is 0 Å². The fourth-order valence-electron chi connectivity index (χ4n) is 1.69. The van der Waals surface area contributed by atoms with Crippen LogP contribution in [-0.4, -0.2) is 11.7 Å². The van der Waals surface area contributed by atoms with Crippen LogP contribution in [0.2, 0.25) is 0 Å². The van der Waals surface area contributed by atoms with Gasteiger partial charge in [-0.15, -0.1) is 11.3 Å². The maximum absolute atomic E-state index is 8.90. The molecular weight excluding hydrogens is 192 g/mol. The van der Waals surface area contributed by atoms with E-state index in [1.807, 2.05) is 11.3 Å². The first-order chi connectivity index (χ1) is 6.79. The van der Waals surface area contributed by atoms with E-state index in [0.717, 1.165) is 6.42 Å². The molecule has 1 nitrogen and oxygen atoms in total. The third-order valence-corrected chi connectivity index (χ3v) is 3.41. The summed E-state index contributed by atoms with van der Waals surface area (Å²) in [6.45, 7) is 2.39. The first-order valence-electron chi connectivity index (χ1n) is 4.87. The molecule has 0 amide bonds. The molecule has 0 fully saturated rings. The standard InChI is InChI=1S/C12H14OS/c1-9-7-11-4-2-3-10(5-6-13)8-12(11)14-9/h2-4,7-8,10,13H,5-6H2,1H3. The summed E-state index contributed by atoms with van der Waals surface area (Å²) in [5, 5.41) is 10.2. The van der Waals surface area contributed by atoms with E-state index in [1.54, 1.807) is 0 Å². The molecule has 1 aliphatic rings. The predicted octanol–water partition coefficient (Wildman–Crippen LogP) is 1.19. The molecule has 1 aromatic rings. The third kappa shape index (κ3) is 1.97. The van der Waals surface area contributed by atoms with Crippen LogP contribution in [0.25, 0.3) is 12.2 Å². The van der Waals surface area contributed by atoms with Gasteiger partial charge >= 0.3 is 0 Å². The van der Waals surface area contributed by atoms with E-state index in [-0.39, 0.29) is 6.61 Å². The molecule has 2 rings (SSSR count). The molecule has 0 aromatic carbocycles. The molecule has 0 saturated carbocycles. The van der Waals surface area contributed by atoms with Gasteiger partial charge < -0.3 is 5.11 Å². The second-order valence-corrected chi connectivity index (χ2v) is 4.86. The largest absolute Gasteiger partial charge is 0.396 e. The van der Waals surface area contributed by atoms with Gasteiger partial charge in [-0.25, -0.2) is 0 Å². The van der Waals surface area contributed by atoms with Crippen LogP contribution in [0.15, 0.2) is 18.2 Å². The summed E-state index contributed by atoms with van der Waals surface area (Å²) < 4.78 is 1.34. The van der Waals surface area contributed by atoms with Gasteiger partial charge in [0.05, 0.1) is 0 Å². The van der Waals surface area contributed by atoms with E-state index in [4.69, 9.17) is 5.11 Å². The molecule has 1 atom stereocenters. The average molecular weight is 206 g/mol. The van der Waals surface area contributed by atoms with E-state index in [9.17, 15) is 0 Å². The van der Waals surface area contributed by atoms with Crippen LogP contribution in [0, 0.1) is 12.8 Å². The lowest BCUT2D eigenvalue weighted by Crippen LogP contribution is -2.17. The van der Waals surface area contributed by atoms with Gasteiger partial charge in [-0.3, -0.25) is 0 Å². The van der Waals surface area contributed by atoms with E-state index in [0.29, 0.717) is 5.92 Å². The molecule has 74 valence electrons. The van der Waals surface area contributed by atoms with Gasteiger partial charge in [-0.1, -0.05) is 24.3 Å². The molecular formula is C12H14OS. The summed E-state index contributed by atoms with van der Waals surface area (Å²) in [6.07, 6.45) is 9.46. The van der Waals surface area contributed by atoms with Gasteiger partial charge in [0.2, 0.25) is 0 Å². The minimum absolute atomic E-state index is 0.255. The highest BCUT2D eigenvalue weighted by Gasteiger charge is 2.03. The van der Waals surface area contributed by atoms with Gasteiger partial charge in [-0.2, -0.15) is 0 Å². The molecule has 1 heterocycles. The van der Waals surface area contributed by atoms with Crippen LogP contribution in [0.1, 0.15) is 11.3 Å². The number of hydrogen-bond donors (Lipinski definition) is 1. The van der Waals surface area contributed by atoms with Gasteiger partial charge in [0.25, 0.3) is 0 Å². The lowest BCUT2D eigenvalue weighted by molar-refractivity contribution is 0.281. The Morgan fingerprint density at radius 2 is 2.36 bits per heavy atom. The predicted molar refractivity (Wildman–Crippen MR) is 61.6 cm³/mol. The van der Waals surface area contributed by atoms with Crippen LogP contribution in [0.5, 0.6) is 0 Å². The maximum atomic E-state index is 8.90. The number of allylic oxidation sites excluding steroid dienone is 2. The zero-order valence-corrected chi connectivity index (χ0v) is 9.05. The topological polar surface area (TPSA) is 20.2 Å². The molecule has 0 bridgehead atoms. The van der Waals surface area contributed by atoms with Crippen molar-refractivity contribution >= 4 is 23.5 Å². The zero-order chi connectivity index (χ0) is 9.97. The summed E-state index contributed by atoms with van der Waals surface area (Å²) in [4.78, 5) is 1.35. The van der Waals surface area contributed by atoms with Crippen LogP contribution < -0.4 is 9.75 Å². The Balaban J connectivity index is 2.46. The number of fused-ring (bicyclic) bond motifs is 1. The summed E-state index contributed by atoms with van der Waals surface area (Å²) in [5.74, 6) is 0.385. The molecule has 1 unspecified atom stereocenters. The summed E-state index contributed by atoms with van der Waals surface area (Å²) in [7, 11) is 0. The highest BCUT2D eigenvalue weighted by Crippen LogP contribution is 2.09. The molecule has 2 heteroatoms. The second-order valence-electron chi connectivity index (χ2n) is 3.57. The fourth-order valence-corrected chi connectivity index (χ4v) is 2.71. The highest BCUT2D eigenvalue weighted by atomic mass is 32.1. The minimum atomic E-state index is 0.255. The maximum Gasteiger partial charge on any atom is 0.0439 e. The van der Waals surface area contributed by atoms with Gasteiger partial charge in [0, 0.05) is 16.0 Å². The smallest absolute Gasteiger partial charge is 0.0439 e. The molecule has 14 heavy (non-hydrogen) atoms. The summed E-state index contributed by atoms with van der Waals surface area (Å²) in [5.41, 5.74) is 0. The van der Waals surface area contributed by atoms with Crippen LogP contribution in [0.3, 0.4) is 0 Å². The van der Waals surface area contributed by atoms with Crippen LogP contribution in [0.4, 0.5) is 0 Å². The molecule has 0 spiro atoms. The quantitative estimate of drug-likeness (QED) is 0.770. The SMILES string of the molecule is Cc1cc2c(s1)=CC(CCO)C=CC=2. The van der Waals surface area contributed by atoms with E-state index in [2.05, 4.69) is 37.3 Å². The lowest BCUT2D eigenvalue weighted by atomic mass is 10.1. The van der Waals surface area contributed by atoms with E-state index in [1.165, 1.54) is 14.6 Å². The van der Waals surface area contributed by atoms with Crippen molar-refractivity contribution in [1.82, 2.24) is 0 Å². The Bertz CT molecular complexity index is 453. The molecule has 0 radical (unpaired) electrons. The van der Waals surface area contributed by atoms with Crippen molar-refractivity contribution in [2.45, 2.75) is 13.3 Å². The molecule has 0 aliphatic heterocycles. The van der Waals surface area contributed by atoms with E-state index < -0.39 is 0 Å². The number of aliphatic hydroxyl groups is 1. The number of rotatable bonds is 2. The van der Waals surface area contributed by atoms with Crippen molar-refractivity contribution in [3.63, 3.8) is 0 Å². The van der Waals surface area contributed by atoms with Crippen LogP contribution in [-0.2, 0) is 0 Å². The molecule has 0 saturated heterocycles. The van der Waals surface area contributed by atoms with Crippen LogP contribution >= 0.6 is 11.3 Å². The number of aryl methyl sites for hydroxylation is 1. The Morgan fingerprint density at radius 1 is 1.50 bits per heavy atom. The third-order valence-electron chi connectivity index (χ3n) is 2.38. The van der Waals surface area contributed by atoms with Crippen molar-refractivity contribution < 1.29 is 5.11 Å². The summed E-state index contributed by atoms with van der Waals surface area (Å²) >= 11 is 1.82. The first-order valence-corrected chi connectivity index (χ1v) is 5.69. The fraction of sp³-hybridized carbons (Fsp3) is 0.333. The monoisotopic (exact) mass is 206 g/mol. The second kappa shape index (κ2) is 4.11. The van der Waals surface area contributed by atoms with Crippen molar-refractivity contribution in [3.05, 3.63) is 32.8 Å². The van der Waals surface area contributed by atoms with Crippen molar-refractivity contribution in [2.75, 3.05) is 6.61 Å². The lowest BCUT2D eigenvalue weighted by Gasteiger charge is -2.02. The Labute approximate surface area is 87.7 Å². The Morgan fingerprint density at radius 3 is 3.14 bits per heavy atom. The molecule has 1 aliphatic carbocycles. The van der Waals surface area contributed by atoms with Crippen molar-refractivity contribution in [2.24, 2.45) is 5.92 Å². The zero-order valence-electron chi connectivity index (χ0n) is 8.23. The number of aliphatic hydroxyl groups excluding tert-OH is 1. The van der Waals surface area contributed by atoms with Gasteiger partial charge in [0.15, 0.2) is 0 Å². The normalized spacial score (nSPS) is 19.4. The van der Waals surface area contributed by atoms with E-state index >= 15 is 0 Å².